The lowest BCUT2D eigenvalue weighted by molar-refractivity contribution is 0.0664. The van der Waals surface area contributed by atoms with Crippen LogP contribution in [0.25, 0.3) is 11.0 Å². The summed E-state index contributed by atoms with van der Waals surface area (Å²) in [6.07, 6.45) is 5.44. The fourth-order valence-electron chi connectivity index (χ4n) is 3.95. The third-order valence-electron chi connectivity index (χ3n) is 5.49. The monoisotopic (exact) mass is 381 g/mol. The molecule has 28 heavy (non-hydrogen) atoms. The molecule has 2 aliphatic rings. The van der Waals surface area contributed by atoms with Gasteiger partial charge in [-0.25, -0.2) is 9.97 Å². The van der Waals surface area contributed by atoms with Crippen LogP contribution in [0, 0.1) is 0 Å². The zero-order valence-electron chi connectivity index (χ0n) is 15.8. The molecule has 3 aromatic heterocycles. The van der Waals surface area contributed by atoms with Crippen molar-refractivity contribution in [1.29, 1.82) is 0 Å². The second-order valence-electron chi connectivity index (χ2n) is 7.30. The zero-order chi connectivity index (χ0) is 19.1. The maximum atomic E-state index is 12.1. The van der Waals surface area contributed by atoms with Gasteiger partial charge in [0.25, 0.3) is 5.56 Å². The van der Waals surface area contributed by atoms with E-state index in [4.69, 9.17) is 14.7 Å². The Hall–Kier alpha value is -2.94. The Labute approximate surface area is 161 Å². The van der Waals surface area contributed by atoms with Crippen molar-refractivity contribution < 1.29 is 4.74 Å². The second kappa shape index (κ2) is 6.90. The minimum atomic E-state index is -0.0834. The van der Waals surface area contributed by atoms with Crippen molar-refractivity contribution >= 4 is 22.8 Å². The van der Waals surface area contributed by atoms with Crippen molar-refractivity contribution in [2.45, 2.75) is 39.0 Å². The van der Waals surface area contributed by atoms with E-state index >= 15 is 0 Å². The van der Waals surface area contributed by atoms with Crippen molar-refractivity contribution in [3.05, 3.63) is 40.2 Å². The van der Waals surface area contributed by atoms with Gasteiger partial charge in [0.05, 0.1) is 42.3 Å². The van der Waals surface area contributed by atoms with Crippen LogP contribution in [0.15, 0.2) is 23.4 Å². The number of nitrogens with one attached hydrogen (secondary N) is 2. The molecule has 5 heterocycles. The van der Waals surface area contributed by atoms with E-state index in [1.807, 2.05) is 12.3 Å². The molecule has 0 aromatic carbocycles. The van der Waals surface area contributed by atoms with E-state index < -0.39 is 0 Å². The molecule has 0 amide bonds. The molecule has 9 heteroatoms. The van der Waals surface area contributed by atoms with E-state index in [0.717, 1.165) is 55.1 Å². The summed E-state index contributed by atoms with van der Waals surface area (Å²) in [4.78, 5) is 36.4. The van der Waals surface area contributed by atoms with Gasteiger partial charge in [-0.05, 0) is 18.9 Å². The Bertz CT molecular complexity index is 1060. The smallest absolute Gasteiger partial charge is 0.256 e. The lowest BCUT2D eigenvalue weighted by Crippen LogP contribution is -2.33. The third kappa shape index (κ3) is 2.91. The molecule has 2 N–H and O–H groups in total. The number of hydrogen-bond acceptors (Lipinski definition) is 7. The topological polar surface area (TPSA) is 103 Å². The van der Waals surface area contributed by atoms with Gasteiger partial charge >= 0.3 is 0 Å². The molecule has 0 aliphatic carbocycles. The number of aromatic nitrogens is 5. The van der Waals surface area contributed by atoms with E-state index in [9.17, 15) is 4.79 Å². The van der Waals surface area contributed by atoms with Crippen LogP contribution in [0.5, 0.6) is 0 Å². The number of aromatic amines is 2. The van der Waals surface area contributed by atoms with Gasteiger partial charge in [0.1, 0.15) is 5.52 Å². The van der Waals surface area contributed by atoms with E-state index in [2.05, 4.69) is 31.7 Å². The predicted molar refractivity (Wildman–Crippen MR) is 105 cm³/mol. The molecule has 1 atom stereocenters. The van der Waals surface area contributed by atoms with Crippen molar-refractivity contribution in [2.24, 2.45) is 0 Å². The standard InChI is InChI=1S/C19H23N7O2/c1-2-12-8-25(6-3-7-28-12)19-23-14-4-5-20-16(14)17(24-19)26-9-13-15(10-26)21-11-22-18(13)27/h4-5,11-12,20H,2-3,6-10H2,1H3,(H,21,22,27). The van der Waals surface area contributed by atoms with Crippen LogP contribution in [0.3, 0.4) is 0 Å². The quantitative estimate of drug-likeness (QED) is 0.710. The van der Waals surface area contributed by atoms with Crippen LogP contribution in [-0.4, -0.2) is 50.7 Å². The molecule has 5 rings (SSSR count). The van der Waals surface area contributed by atoms with Gasteiger partial charge in [0, 0.05) is 25.9 Å². The van der Waals surface area contributed by atoms with Crippen molar-refractivity contribution in [2.75, 3.05) is 29.5 Å². The molecule has 1 fully saturated rings. The normalized spacial score (nSPS) is 19.8. The van der Waals surface area contributed by atoms with Crippen LogP contribution < -0.4 is 15.4 Å². The molecule has 146 valence electrons. The fourth-order valence-corrected chi connectivity index (χ4v) is 3.95. The third-order valence-corrected chi connectivity index (χ3v) is 5.49. The van der Waals surface area contributed by atoms with Crippen LogP contribution >= 0.6 is 0 Å². The zero-order valence-corrected chi connectivity index (χ0v) is 15.8. The summed E-state index contributed by atoms with van der Waals surface area (Å²) in [5.74, 6) is 1.52. The first-order chi connectivity index (χ1) is 13.7. The maximum absolute atomic E-state index is 12.1. The van der Waals surface area contributed by atoms with Gasteiger partial charge < -0.3 is 24.5 Å². The highest BCUT2D eigenvalue weighted by molar-refractivity contribution is 5.87. The lowest BCUT2D eigenvalue weighted by Gasteiger charge is -2.25. The number of anilines is 2. The van der Waals surface area contributed by atoms with Crippen molar-refractivity contribution in [1.82, 2.24) is 24.9 Å². The van der Waals surface area contributed by atoms with E-state index in [1.54, 1.807) is 0 Å². The van der Waals surface area contributed by atoms with Crippen LogP contribution in [0.1, 0.15) is 31.0 Å². The lowest BCUT2D eigenvalue weighted by atomic mass is 10.2. The first-order valence-corrected chi connectivity index (χ1v) is 9.75. The minimum absolute atomic E-state index is 0.0834. The highest BCUT2D eigenvalue weighted by Crippen LogP contribution is 2.31. The van der Waals surface area contributed by atoms with Gasteiger partial charge in [0.2, 0.25) is 5.95 Å². The Morgan fingerprint density at radius 1 is 1.25 bits per heavy atom. The molecular weight excluding hydrogens is 358 g/mol. The summed E-state index contributed by atoms with van der Waals surface area (Å²) in [7, 11) is 0. The summed E-state index contributed by atoms with van der Waals surface area (Å²) in [6, 6.07) is 1.96. The SMILES string of the molecule is CCC1CN(c2nc(N3Cc4nc[nH]c(=O)c4C3)c3[nH]ccc3n2)CCCO1. The average molecular weight is 381 g/mol. The van der Waals surface area contributed by atoms with Gasteiger partial charge in [0.15, 0.2) is 5.82 Å². The molecule has 9 nitrogen and oxygen atoms in total. The Morgan fingerprint density at radius 3 is 3.04 bits per heavy atom. The summed E-state index contributed by atoms with van der Waals surface area (Å²) in [5, 5.41) is 0. The maximum Gasteiger partial charge on any atom is 0.256 e. The van der Waals surface area contributed by atoms with Gasteiger partial charge in [-0.15, -0.1) is 0 Å². The molecule has 1 saturated heterocycles. The minimum Gasteiger partial charge on any atom is -0.376 e. The second-order valence-corrected chi connectivity index (χ2v) is 7.30. The molecular formula is C19H23N7O2. The van der Waals surface area contributed by atoms with Gasteiger partial charge in [-0.2, -0.15) is 4.98 Å². The molecule has 0 radical (unpaired) electrons. The summed E-state index contributed by atoms with van der Waals surface area (Å²) >= 11 is 0. The number of fused-ring (bicyclic) bond motifs is 2. The summed E-state index contributed by atoms with van der Waals surface area (Å²) < 4.78 is 5.90. The van der Waals surface area contributed by atoms with E-state index in [-0.39, 0.29) is 11.7 Å². The molecule has 0 spiro atoms. The van der Waals surface area contributed by atoms with Gasteiger partial charge in [-0.1, -0.05) is 6.92 Å². The van der Waals surface area contributed by atoms with Gasteiger partial charge in [-0.3, -0.25) is 4.79 Å². The summed E-state index contributed by atoms with van der Waals surface area (Å²) in [6.45, 7) is 5.61. The fraction of sp³-hybridized carbons (Fsp3) is 0.474. The largest absolute Gasteiger partial charge is 0.376 e. The average Bonchev–Trinajstić information content (AvgIpc) is 3.29. The highest BCUT2D eigenvalue weighted by Gasteiger charge is 2.28. The molecule has 2 aliphatic heterocycles. The highest BCUT2D eigenvalue weighted by atomic mass is 16.5. The van der Waals surface area contributed by atoms with Crippen molar-refractivity contribution in [3.8, 4) is 0 Å². The number of nitrogens with zero attached hydrogens (tertiary/aromatic N) is 5. The van der Waals surface area contributed by atoms with Crippen LogP contribution in [0.4, 0.5) is 11.8 Å². The number of ether oxygens (including phenoxy) is 1. The number of rotatable bonds is 3. The van der Waals surface area contributed by atoms with E-state index in [1.165, 1.54) is 6.33 Å². The first kappa shape index (κ1) is 17.2. The van der Waals surface area contributed by atoms with Crippen LogP contribution in [-0.2, 0) is 17.8 Å². The number of H-pyrrole nitrogens is 2. The Morgan fingerprint density at radius 2 is 2.18 bits per heavy atom. The molecule has 0 bridgehead atoms. The summed E-state index contributed by atoms with van der Waals surface area (Å²) in [5.41, 5.74) is 3.18. The first-order valence-electron chi connectivity index (χ1n) is 9.75. The Kier molecular flexibility index (Phi) is 4.23. The van der Waals surface area contributed by atoms with Crippen LogP contribution in [0.2, 0.25) is 0 Å². The molecule has 1 unspecified atom stereocenters. The number of hydrogen-bond donors (Lipinski definition) is 2. The molecule has 3 aromatic rings. The van der Waals surface area contributed by atoms with Crippen molar-refractivity contribution in [3.63, 3.8) is 0 Å². The molecule has 0 saturated carbocycles. The predicted octanol–water partition coefficient (Wildman–Crippen LogP) is 1.57. The Balaban J connectivity index is 1.54. The van der Waals surface area contributed by atoms with E-state index in [0.29, 0.717) is 24.6 Å².